The molecule has 1 aliphatic carbocycles. The number of alkyl carbamates (subject to hydrolysis) is 1. The van der Waals surface area contributed by atoms with Gasteiger partial charge in [-0.1, -0.05) is 6.92 Å². The molecule has 7 nitrogen and oxygen atoms in total. The maximum atomic E-state index is 12.2. The van der Waals surface area contributed by atoms with Crippen LogP contribution in [-0.4, -0.2) is 30.1 Å². The van der Waals surface area contributed by atoms with Crippen LogP contribution in [0.2, 0.25) is 0 Å². The molecule has 26 heavy (non-hydrogen) atoms. The fourth-order valence-corrected chi connectivity index (χ4v) is 3.76. The Labute approximate surface area is 157 Å². The average Bonchev–Trinajstić information content (AvgIpc) is 2.94. The van der Waals surface area contributed by atoms with Gasteiger partial charge in [-0.05, 0) is 57.6 Å². The fourth-order valence-electron chi connectivity index (χ4n) is 2.66. The molecule has 0 bridgehead atoms. The van der Waals surface area contributed by atoms with Crippen LogP contribution in [-0.2, 0) is 22.4 Å². The molecule has 2 rings (SSSR count). The summed E-state index contributed by atoms with van der Waals surface area (Å²) in [7, 11) is 0. The van der Waals surface area contributed by atoms with E-state index in [2.05, 4.69) is 23.1 Å². The van der Waals surface area contributed by atoms with Crippen molar-refractivity contribution in [1.82, 2.24) is 16.2 Å². The van der Waals surface area contributed by atoms with Gasteiger partial charge in [0.05, 0.1) is 4.88 Å². The first-order valence-electron chi connectivity index (χ1n) is 8.81. The van der Waals surface area contributed by atoms with Crippen molar-refractivity contribution in [3.05, 3.63) is 21.4 Å². The molecule has 0 saturated heterocycles. The van der Waals surface area contributed by atoms with Crippen LogP contribution in [0.15, 0.2) is 6.07 Å². The number of hydrogen-bond donors (Lipinski definition) is 3. The van der Waals surface area contributed by atoms with Gasteiger partial charge >= 0.3 is 6.09 Å². The van der Waals surface area contributed by atoms with E-state index in [0.29, 0.717) is 10.8 Å². The Hall–Kier alpha value is -2.09. The van der Waals surface area contributed by atoms with Gasteiger partial charge in [-0.2, -0.15) is 0 Å². The smallest absolute Gasteiger partial charge is 0.407 e. The van der Waals surface area contributed by atoms with Gasteiger partial charge in [0.2, 0.25) is 5.91 Å². The Bertz CT molecular complexity index is 678. The Kier molecular flexibility index (Phi) is 6.63. The van der Waals surface area contributed by atoms with E-state index in [4.69, 9.17) is 4.74 Å². The zero-order valence-electron chi connectivity index (χ0n) is 15.7. The summed E-state index contributed by atoms with van der Waals surface area (Å²) in [6.07, 6.45) is 2.63. The monoisotopic (exact) mass is 381 g/mol. The van der Waals surface area contributed by atoms with Crippen LogP contribution < -0.4 is 16.2 Å². The largest absolute Gasteiger partial charge is 0.444 e. The third kappa shape index (κ3) is 6.33. The second-order valence-electron chi connectivity index (χ2n) is 7.59. The number of carbonyl (C=O) groups is 3. The predicted octanol–water partition coefficient (Wildman–Crippen LogP) is 2.55. The van der Waals surface area contributed by atoms with Gasteiger partial charge in [0.15, 0.2) is 0 Å². The van der Waals surface area contributed by atoms with Crippen molar-refractivity contribution in [1.29, 1.82) is 0 Å². The van der Waals surface area contributed by atoms with E-state index in [9.17, 15) is 14.4 Å². The Morgan fingerprint density at radius 2 is 2.00 bits per heavy atom. The molecule has 0 spiro atoms. The highest BCUT2D eigenvalue weighted by atomic mass is 32.1. The lowest BCUT2D eigenvalue weighted by atomic mass is 9.90. The summed E-state index contributed by atoms with van der Waals surface area (Å²) in [5.74, 6) is -0.0555. The summed E-state index contributed by atoms with van der Waals surface area (Å²) in [4.78, 5) is 37.3. The number of ether oxygens (including phenoxy) is 1. The maximum absolute atomic E-state index is 12.2. The molecule has 3 amide bonds. The number of hydrogen-bond acceptors (Lipinski definition) is 5. The van der Waals surface area contributed by atoms with Crippen LogP contribution >= 0.6 is 11.3 Å². The van der Waals surface area contributed by atoms with Crippen LogP contribution in [0.5, 0.6) is 0 Å². The highest BCUT2D eigenvalue weighted by Gasteiger charge is 2.21. The molecule has 0 aromatic carbocycles. The molecule has 3 N–H and O–H groups in total. The number of nitrogens with one attached hydrogen (secondary N) is 3. The van der Waals surface area contributed by atoms with Crippen LogP contribution in [0.25, 0.3) is 0 Å². The zero-order valence-corrected chi connectivity index (χ0v) is 16.5. The molecule has 1 aliphatic rings. The topological polar surface area (TPSA) is 96.5 Å². The first-order chi connectivity index (χ1) is 12.1. The Morgan fingerprint density at radius 3 is 2.69 bits per heavy atom. The van der Waals surface area contributed by atoms with Gasteiger partial charge in [-0.3, -0.25) is 20.4 Å². The zero-order chi connectivity index (χ0) is 19.3. The molecule has 0 fully saturated rings. The van der Waals surface area contributed by atoms with Gasteiger partial charge < -0.3 is 10.1 Å². The molecule has 0 unspecified atom stereocenters. The van der Waals surface area contributed by atoms with E-state index >= 15 is 0 Å². The van der Waals surface area contributed by atoms with Crippen LogP contribution in [0.1, 0.15) is 60.6 Å². The van der Waals surface area contributed by atoms with Crippen LogP contribution in [0, 0.1) is 5.92 Å². The van der Waals surface area contributed by atoms with Gasteiger partial charge in [0.25, 0.3) is 5.91 Å². The molecule has 1 atom stereocenters. The maximum Gasteiger partial charge on any atom is 0.407 e. The molecule has 1 aromatic heterocycles. The van der Waals surface area contributed by atoms with Gasteiger partial charge in [-0.25, -0.2) is 4.79 Å². The second-order valence-corrected chi connectivity index (χ2v) is 8.72. The average molecular weight is 381 g/mol. The quantitative estimate of drug-likeness (QED) is 0.698. The van der Waals surface area contributed by atoms with Crippen LogP contribution in [0.3, 0.4) is 0 Å². The molecule has 0 radical (unpaired) electrons. The third-order valence-corrected chi connectivity index (χ3v) is 5.12. The number of hydrazine groups is 1. The van der Waals surface area contributed by atoms with Gasteiger partial charge in [0.1, 0.15) is 5.60 Å². The minimum absolute atomic E-state index is 0.0397. The lowest BCUT2D eigenvalue weighted by Crippen LogP contribution is -2.42. The summed E-state index contributed by atoms with van der Waals surface area (Å²) < 4.78 is 5.07. The molecule has 1 heterocycles. The lowest BCUT2D eigenvalue weighted by Gasteiger charge is -2.19. The highest BCUT2D eigenvalue weighted by Crippen LogP contribution is 2.32. The summed E-state index contributed by atoms with van der Waals surface area (Å²) in [6.45, 7) is 7.63. The number of rotatable bonds is 4. The number of carbonyl (C=O) groups excluding carboxylic acids is 3. The summed E-state index contributed by atoms with van der Waals surface area (Å²) in [5, 5.41) is 2.49. The number of thiophene rings is 1. The van der Waals surface area contributed by atoms with Crippen LogP contribution in [0.4, 0.5) is 4.79 Å². The normalized spacial score (nSPS) is 16.4. The first kappa shape index (κ1) is 20.2. The lowest BCUT2D eigenvalue weighted by molar-refractivity contribution is -0.121. The van der Waals surface area contributed by atoms with E-state index in [1.807, 2.05) is 6.07 Å². The van der Waals surface area contributed by atoms with E-state index < -0.39 is 11.7 Å². The van der Waals surface area contributed by atoms with Crippen molar-refractivity contribution in [2.45, 2.75) is 59.0 Å². The summed E-state index contributed by atoms with van der Waals surface area (Å²) >= 11 is 1.49. The standard InChI is InChI=1S/C18H27N3O4S/c1-11-5-6-13-12(9-11)10-14(26-13)16(23)21-20-15(22)7-8-19-17(24)25-18(2,3)4/h10-11H,5-9H2,1-4H3,(H,19,24)(H,20,22)(H,21,23)/t11-/m1/s1. The van der Waals surface area contributed by atoms with E-state index in [1.54, 1.807) is 20.8 Å². The van der Waals surface area contributed by atoms with Gasteiger partial charge in [-0.15, -0.1) is 11.3 Å². The van der Waals surface area contributed by atoms with E-state index in [0.717, 1.165) is 19.3 Å². The number of amides is 3. The number of fused-ring (bicyclic) bond motifs is 1. The van der Waals surface area contributed by atoms with Crippen molar-refractivity contribution in [3.63, 3.8) is 0 Å². The molecule has 0 aliphatic heterocycles. The van der Waals surface area contributed by atoms with E-state index in [-0.39, 0.29) is 24.8 Å². The van der Waals surface area contributed by atoms with Crippen molar-refractivity contribution in [3.8, 4) is 0 Å². The molecular weight excluding hydrogens is 354 g/mol. The van der Waals surface area contributed by atoms with Crippen molar-refractivity contribution >= 4 is 29.2 Å². The third-order valence-electron chi connectivity index (χ3n) is 3.89. The highest BCUT2D eigenvalue weighted by molar-refractivity contribution is 7.14. The molecule has 144 valence electrons. The molecule has 1 aromatic rings. The predicted molar refractivity (Wildman–Crippen MR) is 100.0 cm³/mol. The molecule has 8 heteroatoms. The molecular formula is C18H27N3O4S. The summed E-state index contributed by atoms with van der Waals surface area (Å²) in [5.41, 5.74) is 5.45. The van der Waals surface area contributed by atoms with Gasteiger partial charge in [0, 0.05) is 17.8 Å². The fraction of sp³-hybridized carbons (Fsp3) is 0.611. The Morgan fingerprint density at radius 1 is 1.27 bits per heavy atom. The van der Waals surface area contributed by atoms with Crippen molar-refractivity contribution < 1.29 is 19.1 Å². The van der Waals surface area contributed by atoms with E-state index in [1.165, 1.54) is 21.8 Å². The van der Waals surface area contributed by atoms with Crippen molar-refractivity contribution in [2.24, 2.45) is 5.92 Å². The second kappa shape index (κ2) is 8.53. The number of aryl methyl sites for hydroxylation is 1. The minimum atomic E-state index is -0.585. The SMILES string of the molecule is C[C@@H]1CCc2sc(C(=O)NNC(=O)CCNC(=O)OC(C)(C)C)cc2C1. The molecule has 0 saturated carbocycles. The van der Waals surface area contributed by atoms with Crippen molar-refractivity contribution in [2.75, 3.05) is 6.54 Å². The summed E-state index contributed by atoms with van der Waals surface area (Å²) in [6, 6.07) is 1.92. The Balaban J connectivity index is 1.70. The minimum Gasteiger partial charge on any atom is -0.444 e. The first-order valence-corrected chi connectivity index (χ1v) is 9.63.